The predicted octanol–water partition coefficient (Wildman–Crippen LogP) is 4.95. The highest BCUT2D eigenvalue weighted by Gasteiger charge is 2.32. The van der Waals surface area contributed by atoms with Gasteiger partial charge in [0.25, 0.3) is 0 Å². The number of aliphatic hydroxyl groups is 1. The first-order chi connectivity index (χ1) is 23.0. The van der Waals surface area contributed by atoms with Gasteiger partial charge in [-0.1, -0.05) is 68.7 Å². The summed E-state index contributed by atoms with van der Waals surface area (Å²) in [5, 5.41) is 16.8. The summed E-state index contributed by atoms with van der Waals surface area (Å²) in [4.78, 5) is 65.3. The summed E-state index contributed by atoms with van der Waals surface area (Å²) in [5.41, 5.74) is 0.852. The third kappa shape index (κ3) is 11.3. The average Bonchev–Trinajstić information content (AvgIpc) is 3.07. The molecule has 262 valence electrons. The number of ether oxygens (including phenoxy) is 2. The number of amides is 2. The van der Waals surface area contributed by atoms with Crippen LogP contribution in [0.25, 0.3) is 0 Å². The Kier molecular flexibility index (Phi) is 15.8. The van der Waals surface area contributed by atoms with Crippen LogP contribution in [0.5, 0.6) is 0 Å². The van der Waals surface area contributed by atoms with E-state index >= 15 is 0 Å². The highest BCUT2D eigenvalue weighted by molar-refractivity contribution is 8.03. The fourth-order valence-corrected chi connectivity index (χ4v) is 6.57. The standard InChI is InChI=1S/C37H50N2O8S/c1-23-15-14-18-27-21-29(40)35(48-5)32(34(27)43)39-31(41)22-28(46-4)19-12-7-6-8-13-20-30(24(2)33(23)42)47-37(45)25(3)38-36(44)26-16-10-9-11-17-26/h6-8,12-13,15,19,21,24-26,28,30,33,42H,9-11,14,16-18,20,22H2,1-5H3,(H,38,44)(H,39,41)/b7-6-,13-8-,19-12-,23-15-. The third-order valence-corrected chi connectivity index (χ3v) is 9.80. The molecule has 3 rings (SSSR count). The molecule has 48 heavy (non-hydrogen) atoms. The molecule has 0 aromatic carbocycles. The molecule has 11 heteroatoms. The lowest BCUT2D eigenvalue weighted by Gasteiger charge is -2.29. The number of thioether (sulfide) groups is 1. The number of aliphatic hydroxyl groups excluding tert-OH is 1. The van der Waals surface area contributed by atoms with Crippen LogP contribution in [0.2, 0.25) is 0 Å². The van der Waals surface area contributed by atoms with Crippen LogP contribution in [0, 0.1) is 11.8 Å². The van der Waals surface area contributed by atoms with Gasteiger partial charge in [-0.25, -0.2) is 4.79 Å². The van der Waals surface area contributed by atoms with Crippen molar-refractivity contribution in [2.75, 3.05) is 13.4 Å². The number of rotatable bonds is 6. The van der Waals surface area contributed by atoms with E-state index in [1.54, 1.807) is 63.5 Å². The van der Waals surface area contributed by atoms with Crippen molar-refractivity contribution in [3.05, 3.63) is 70.4 Å². The quantitative estimate of drug-likeness (QED) is 0.201. The molecule has 3 N–H and O–H groups in total. The first kappa shape index (κ1) is 38.9. The number of carbonyl (C=O) groups excluding carboxylic acids is 5. The Bertz CT molecular complexity index is 1390. The van der Waals surface area contributed by atoms with Crippen LogP contribution in [-0.2, 0) is 33.4 Å². The molecule has 0 spiro atoms. The van der Waals surface area contributed by atoms with Crippen LogP contribution >= 0.6 is 11.8 Å². The summed E-state index contributed by atoms with van der Waals surface area (Å²) in [5.74, 6) is -2.54. The van der Waals surface area contributed by atoms with E-state index in [9.17, 15) is 29.1 Å². The van der Waals surface area contributed by atoms with Gasteiger partial charge >= 0.3 is 5.97 Å². The SMILES string of the molecule is COC1\C=C/C=C\C=C/CC(OC(=O)C(C)NC(=O)C2CCCCC2)C(C)C(O)/C(C)=C\CCC2=CC(=O)C(SC)=C(NC(=O)C1)C2=O. The minimum absolute atomic E-state index is 0.0343. The molecule has 5 atom stereocenters. The zero-order chi connectivity index (χ0) is 35.2. The first-order valence-corrected chi connectivity index (χ1v) is 17.9. The lowest BCUT2D eigenvalue weighted by Crippen LogP contribution is -2.45. The van der Waals surface area contributed by atoms with E-state index in [4.69, 9.17) is 9.47 Å². The number of allylic oxidation sites excluding steroid dienone is 8. The van der Waals surface area contributed by atoms with Crippen molar-refractivity contribution >= 4 is 41.1 Å². The van der Waals surface area contributed by atoms with Crippen LogP contribution < -0.4 is 10.6 Å². The summed E-state index contributed by atoms with van der Waals surface area (Å²) in [7, 11) is 1.48. The maximum Gasteiger partial charge on any atom is 0.328 e. The summed E-state index contributed by atoms with van der Waals surface area (Å²) < 4.78 is 11.3. The van der Waals surface area contributed by atoms with E-state index in [0.29, 0.717) is 18.4 Å². The van der Waals surface area contributed by atoms with Crippen LogP contribution in [0.3, 0.4) is 0 Å². The molecule has 10 nitrogen and oxygen atoms in total. The fourth-order valence-electron chi connectivity index (χ4n) is 5.96. The Morgan fingerprint density at radius 1 is 1.08 bits per heavy atom. The van der Waals surface area contributed by atoms with Gasteiger partial charge in [-0.05, 0) is 57.4 Å². The van der Waals surface area contributed by atoms with E-state index in [1.807, 2.05) is 6.08 Å². The second-order valence-electron chi connectivity index (χ2n) is 12.6. The molecule has 0 saturated heterocycles. The molecule has 1 heterocycles. The Balaban J connectivity index is 1.83. The molecule has 0 radical (unpaired) electrons. The van der Waals surface area contributed by atoms with E-state index in [2.05, 4.69) is 10.6 Å². The highest BCUT2D eigenvalue weighted by Crippen LogP contribution is 2.29. The van der Waals surface area contributed by atoms with Gasteiger partial charge in [-0.15, -0.1) is 11.8 Å². The normalized spacial score (nSPS) is 29.2. The van der Waals surface area contributed by atoms with Gasteiger partial charge in [-0.2, -0.15) is 0 Å². The molecular formula is C37H50N2O8S. The maximum absolute atomic E-state index is 13.4. The van der Waals surface area contributed by atoms with Gasteiger partial charge in [0.15, 0.2) is 5.78 Å². The zero-order valence-corrected chi connectivity index (χ0v) is 29.5. The molecule has 1 aliphatic heterocycles. The number of hydrogen-bond donors (Lipinski definition) is 3. The average molecular weight is 683 g/mol. The number of fused-ring (bicyclic) bond motifs is 2. The van der Waals surface area contributed by atoms with E-state index in [0.717, 1.165) is 43.9 Å². The van der Waals surface area contributed by atoms with Crippen molar-refractivity contribution < 1.29 is 38.6 Å². The van der Waals surface area contributed by atoms with Crippen molar-refractivity contribution in [2.24, 2.45) is 11.8 Å². The molecule has 1 fully saturated rings. The molecule has 5 unspecified atom stereocenters. The maximum atomic E-state index is 13.4. The van der Waals surface area contributed by atoms with Gasteiger partial charge in [0.1, 0.15) is 17.8 Å². The minimum Gasteiger partial charge on any atom is -0.460 e. The van der Waals surface area contributed by atoms with E-state index in [-0.39, 0.29) is 46.6 Å². The largest absolute Gasteiger partial charge is 0.460 e. The lowest BCUT2D eigenvalue weighted by molar-refractivity contribution is -0.156. The number of carbonyl (C=O) groups is 5. The Labute approximate surface area is 288 Å². The zero-order valence-electron chi connectivity index (χ0n) is 28.7. The molecule has 0 aromatic heterocycles. The van der Waals surface area contributed by atoms with Crippen LogP contribution in [-0.4, -0.2) is 72.2 Å². The van der Waals surface area contributed by atoms with E-state index < -0.39 is 47.9 Å². The number of nitrogens with one attached hydrogen (secondary N) is 2. The molecule has 3 aliphatic rings. The monoisotopic (exact) mass is 682 g/mol. The summed E-state index contributed by atoms with van der Waals surface area (Å²) >= 11 is 1.10. The van der Waals surface area contributed by atoms with Crippen molar-refractivity contribution in [2.45, 2.75) is 103 Å². The molecular weight excluding hydrogens is 632 g/mol. The molecule has 2 aliphatic carbocycles. The second kappa shape index (κ2) is 19.5. The number of Topliss-reactive ketones (excluding diaryl/α,β-unsaturated/α-hetero) is 1. The number of hydrogen-bond acceptors (Lipinski definition) is 9. The molecule has 0 aromatic rings. The minimum atomic E-state index is -0.975. The van der Waals surface area contributed by atoms with Crippen LogP contribution in [0.15, 0.2) is 70.4 Å². The number of ketones is 2. The summed E-state index contributed by atoms with van der Waals surface area (Å²) in [6.45, 7) is 5.17. The summed E-state index contributed by atoms with van der Waals surface area (Å²) in [6, 6.07) is -0.843. The third-order valence-electron chi connectivity index (χ3n) is 8.98. The second-order valence-corrected chi connectivity index (χ2v) is 13.4. The van der Waals surface area contributed by atoms with Gasteiger partial charge in [0.2, 0.25) is 17.6 Å². The van der Waals surface area contributed by atoms with Gasteiger partial charge in [0, 0.05) is 30.9 Å². The topological polar surface area (TPSA) is 148 Å². The Morgan fingerprint density at radius 2 is 1.79 bits per heavy atom. The van der Waals surface area contributed by atoms with Gasteiger partial charge in [0.05, 0.1) is 23.5 Å². The van der Waals surface area contributed by atoms with Crippen molar-refractivity contribution in [1.29, 1.82) is 0 Å². The van der Waals surface area contributed by atoms with Crippen molar-refractivity contribution in [3.63, 3.8) is 0 Å². The Hall–Kier alpha value is -3.54. The molecule has 1 saturated carbocycles. The Morgan fingerprint density at radius 3 is 2.48 bits per heavy atom. The summed E-state index contributed by atoms with van der Waals surface area (Å²) in [6.07, 6.45) is 18.7. The molecule has 2 amide bonds. The number of methoxy groups -OCH3 is 1. The van der Waals surface area contributed by atoms with Gasteiger partial charge in [-0.3, -0.25) is 19.2 Å². The fraction of sp³-hybridized carbons (Fsp3) is 0.541. The highest BCUT2D eigenvalue weighted by atomic mass is 32.2. The van der Waals surface area contributed by atoms with Crippen LogP contribution in [0.1, 0.15) is 78.6 Å². The van der Waals surface area contributed by atoms with Crippen LogP contribution in [0.4, 0.5) is 0 Å². The lowest BCUT2D eigenvalue weighted by atomic mass is 9.88. The smallest absolute Gasteiger partial charge is 0.328 e. The van der Waals surface area contributed by atoms with E-state index in [1.165, 1.54) is 13.2 Å². The van der Waals surface area contributed by atoms with Crippen molar-refractivity contribution in [1.82, 2.24) is 10.6 Å². The first-order valence-electron chi connectivity index (χ1n) is 16.7. The van der Waals surface area contributed by atoms with Crippen molar-refractivity contribution in [3.8, 4) is 0 Å². The molecule has 2 bridgehead atoms. The number of esters is 1. The predicted molar refractivity (Wildman–Crippen MR) is 186 cm³/mol. The van der Waals surface area contributed by atoms with Gasteiger partial charge < -0.3 is 25.2 Å².